The third-order valence-electron chi connectivity index (χ3n) is 4.60. The Morgan fingerprint density at radius 1 is 0.909 bits per heavy atom. The lowest BCUT2D eigenvalue weighted by atomic mass is 9.88. The molecular weight excluding hydrogens is 280 g/mol. The van der Waals surface area contributed by atoms with Crippen molar-refractivity contribution in [2.75, 3.05) is 0 Å². The minimum Gasteiger partial charge on any atom is -0.478 e. The molecule has 0 aromatic rings. The number of rotatable bonds is 4. The van der Waals surface area contributed by atoms with Gasteiger partial charge in [0, 0.05) is 11.1 Å². The van der Waals surface area contributed by atoms with Crippen LogP contribution in [0.2, 0.25) is 0 Å². The largest absolute Gasteiger partial charge is 0.478 e. The number of aliphatic carboxylic acids is 2. The van der Waals surface area contributed by atoms with Crippen LogP contribution in [0, 0.1) is 11.8 Å². The molecule has 2 aliphatic rings. The molecule has 2 saturated carbocycles. The quantitative estimate of drug-likeness (QED) is 0.754. The number of hydrogen-bond donors (Lipinski definition) is 2. The second-order valence-corrected chi connectivity index (χ2v) is 6.36. The number of allylic oxidation sites excluding steroid dienone is 1. The van der Waals surface area contributed by atoms with E-state index >= 15 is 0 Å². The van der Waals surface area contributed by atoms with Crippen molar-refractivity contribution in [2.24, 2.45) is 11.8 Å². The number of carboxylic acids is 2. The second-order valence-electron chi connectivity index (χ2n) is 6.36. The zero-order valence-corrected chi connectivity index (χ0v) is 13.5. The third kappa shape index (κ3) is 6.46. The van der Waals surface area contributed by atoms with Gasteiger partial charge in [0.1, 0.15) is 0 Å². The third-order valence-corrected chi connectivity index (χ3v) is 4.60. The molecule has 22 heavy (non-hydrogen) atoms. The van der Waals surface area contributed by atoms with E-state index in [1.54, 1.807) is 6.92 Å². The van der Waals surface area contributed by atoms with Crippen molar-refractivity contribution >= 4 is 11.9 Å². The molecule has 0 aromatic heterocycles. The van der Waals surface area contributed by atoms with Gasteiger partial charge in [0.15, 0.2) is 0 Å². The minimum atomic E-state index is -0.827. The summed E-state index contributed by atoms with van der Waals surface area (Å²) in [6.45, 7) is 5.21. The fourth-order valence-electron chi connectivity index (χ4n) is 3.17. The number of carbonyl (C=O) groups is 2. The van der Waals surface area contributed by atoms with Crippen molar-refractivity contribution < 1.29 is 19.8 Å². The summed E-state index contributed by atoms with van der Waals surface area (Å²) in [7, 11) is 0. The van der Waals surface area contributed by atoms with E-state index in [2.05, 4.69) is 6.58 Å². The Balaban J connectivity index is 0.000000224. The van der Waals surface area contributed by atoms with Gasteiger partial charge in [-0.15, -0.1) is 0 Å². The maximum atomic E-state index is 10.5. The normalized spacial score (nSPS) is 20.1. The molecule has 0 unspecified atom stereocenters. The Kier molecular flexibility index (Phi) is 7.92. The van der Waals surface area contributed by atoms with Gasteiger partial charge >= 0.3 is 11.9 Å². The van der Waals surface area contributed by atoms with Crippen molar-refractivity contribution in [3.8, 4) is 0 Å². The monoisotopic (exact) mass is 308 g/mol. The summed E-state index contributed by atoms with van der Waals surface area (Å²) in [6.07, 6.45) is 12.5. The highest BCUT2D eigenvalue weighted by molar-refractivity contribution is 5.86. The molecule has 124 valence electrons. The van der Waals surface area contributed by atoms with E-state index in [9.17, 15) is 9.59 Å². The van der Waals surface area contributed by atoms with Crippen LogP contribution >= 0.6 is 0 Å². The van der Waals surface area contributed by atoms with Crippen LogP contribution in [-0.2, 0) is 9.59 Å². The van der Waals surface area contributed by atoms with Crippen molar-refractivity contribution in [3.05, 3.63) is 23.8 Å². The van der Waals surface area contributed by atoms with Crippen LogP contribution in [0.4, 0.5) is 0 Å². The van der Waals surface area contributed by atoms with Crippen LogP contribution in [0.3, 0.4) is 0 Å². The molecule has 4 nitrogen and oxygen atoms in total. The Bertz CT molecular complexity index is 424. The molecule has 0 aromatic carbocycles. The van der Waals surface area contributed by atoms with Crippen molar-refractivity contribution in [1.82, 2.24) is 0 Å². The summed E-state index contributed by atoms with van der Waals surface area (Å²) in [5.41, 5.74) is 0.902. The van der Waals surface area contributed by atoms with Crippen LogP contribution in [0.5, 0.6) is 0 Å². The summed E-state index contributed by atoms with van der Waals surface area (Å²) >= 11 is 0. The molecule has 0 heterocycles. The summed E-state index contributed by atoms with van der Waals surface area (Å²) in [5.74, 6) is -0.820. The zero-order chi connectivity index (χ0) is 16.5. The van der Waals surface area contributed by atoms with E-state index in [1.807, 2.05) is 6.08 Å². The average molecular weight is 308 g/mol. The summed E-state index contributed by atoms with van der Waals surface area (Å²) in [6, 6.07) is 0. The molecule has 0 bridgehead atoms. The van der Waals surface area contributed by atoms with Crippen LogP contribution in [0.15, 0.2) is 23.8 Å². The highest BCUT2D eigenvalue weighted by atomic mass is 16.4. The molecule has 0 saturated heterocycles. The molecule has 2 fully saturated rings. The van der Waals surface area contributed by atoms with E-state index in [0.29, 0.717) is 17.1 Å². The fraction of sp³-hybridized carbons (Fsp3) is 0.667. The first kappa shape index (κ1) is 18.5. The molecule has 4 heteroatoms. The minimum absolute atomic E-state index is 0.262. The maximum absolute atomic E-state index is 10.5. The Labute approximate surface area is 132 Å². The van der Waals surface area contributed by atoms with Crippen molar-refractivity contribution in [2.45, 2.75) is 64.7 Å². The van der Waals surface area contributed by atoms with Crippen molar-refractivity contribution in [1.29, 1.82) is 0 Å². The molecule has 0 amide bonds. The first-order valence-corrected chi connectivity index (χ1v) is 8.25. The summed E-state index contributed by atoms with van der Waals surface area (Å²) in [5, 5.41) is 17.2. The van der Waals surface area contributed by atoms with Crippen LogP contribution < -0.4 is 0 Å². The van der Waals surface area contributed by atoms with E-state index in [4.69, 9.17) is 10.2 Å². The number of carboxylic acid groups (broad SMARTS) is 2. The van der Waals surface area contributed by atoms with Crippen molar-refractivity contribution in [3.63, 3.8) is 0 Å². The lowest BCUT2D eigenvalue weighted by Crippen LogP contribution is -2.07. The van der Waals surface area contributed by atoms with Gasteiger partial charge in [0.25, 0.3) is 0 Å². The molecule has 0 atom stereocenters. The Morgan fingerprint density at radius 3 is 1.86 bits per heavy atom. The van der Waals surface area contributed by atoms with Gasteiger partial charge in [-0.3, -0.25) is 0 Å². The van der Waals surface area contributed by atoms with Gasteiger partial charge in [0.05, 0.1) is 0 Å². The van der Waals surface area contributed by atoms with Crippen LogP contribution in [0.25, 0.3) is 0 Å². The maximum Gasteiger partial charge on any atom is 0.331 e. The summed E-state index contributed by atoms with van der Waals surface area (Å²) < 4.78 is 0. The zero-order valence-electron chi connectivity index (χ0n) is 13.5. The molecule has 0 spiro atoms. The lowest BCUT2D eigenvalue weighted by molar-refractivity contribution is -0.133. The van der Waals surface area contributed by atoms with Gasteiger partial charge < -0.3 is 10.2 Å². The first-order valence-electron chi connectivity index (χ1n) is 8.25. The average Bonchev–Trinajstić information content (AvgIpc) is 3.02. The molecule has 2 N–H and O–H groups in total. The van der Waals surface area contributed by atoms with Gasteiger partial charge in [-0.25, -0.2) is 9.59 Å². The van der Waals surface area contributed by atoms with Crippen LogP contribution in [-0.4, -0.2) is 22.2 Å². The van der Waals surface area contributed by atoms with Gasteiger partial charge in [-0.1, -0.05) is 44.8 Å². The predicted octanol–water partition coefficient (Wildman–Crippen LogP) is 4.42. The van der Waals surface area contributed by atoms with E-state index in [-0.39, 0.29) is 5.92 Å². The van der Waals surface area contributed by atoms with E-state index in [1.165, 1.54) is 32.1 Å². The second kappa shape index (κ2) is 9.44. The SMILES string of the molecule is C/C(=C\C1CCCCC1)C(=O)O.C=C(C(=O)O)C1CCCC1. The Hall–Kier alpha value is -1.58. The van der Waals surface area contributed by atoms with Gasteiger partial charge in [-0.2, -0.15) is 0 Å². The Morgan fingerprint density at radius 2 is 1.41 bits per heavy atom. The standard InChI is InChI=1S/C10H16O2.C8H12O2/c1-8(10(11)12)7-9-5-3-2-4-6-9;1-6(8(9)10)7-4-2-3-5-7/h7,9H,2-6H2,1H3,(H,11,12);7H,1-5H2,(H,9,10)/b8-7+;. The fourth-order valence-corrected chi connectivity index (χ4v) is 3.17. The first-order chi connectivity index (χ1) is 10.4. The van der Waals surface area contributed by atoms with E-state index in [0.717, 1.165) is 25.7 Å². The molecular formula is C18H28O4. The topological polar surface area (TPSA) is 74.6 Å². The highest BCUT2D eigenvalue weighted by Gasteiger charge is 2.21. The van der Waals surface area contributed by atoms with E-state index < -0.39 is 11.9 Å². The highest BCUT2D eigenvalue weighted by Crippen LogP contribution is 2.30. The number of hydrogen-bond acceptors (Lipinski definition) is 2. The molecule has 0 radical (unpaired) electrons. The molecule has 2 rings (SSSR count). The van der Waals surface area contributed by atoms with Gasteiger partial charge in [0.2, 0.25) is 0 Å². The lowest BCUT2D eigenvalue weighted by Gasteiger charge is -2.18. The predicted molar refractivity (Wildman–Crippen MR) is 86.7 cm³/mol. The smallest absolute Gasteiger partial charge is 0.331 e. The summed E-state index contributed by atoms with van der Waals surface area (Å²) in [4.78, 5) is 20.9. The van der Waals surface area contributed by atoms with Gasteiger partial charge in [-0.05, 0) is 44.4 Å². The molecule has 2 aliphatic carbocycles. The molecule has 0 aliphatic heterocycles. The van der Waals surface area contributed by atoms with Crippen LogP contribution in [0.1, 0.15) is 64.7 Å².